The minimum absolute atomic E-state index is 0.0408. The Labute approximate surface area is 310 Å². The molecule has 2 atom stereocenters. The van der Waals surface area contributed by atoms with Crippen molar-refractivity contribution in [2.75, 3.05) is 42.6 Å². The van der Waals surface area contributed by atoms with Crippen LogP contribution in [0.1, 0.15) is 56.0 Å². The van der Waals surface area contributed by atoms with Crippen LogP contribution in [0.4, 0.5) is 24.5 Å². The van der Waals surface area contributed by atoms with Crippen molar-refractivity contribution in [3.8, 4) is 11.8 Å². The minimum Gasteiger partial charge on any atom is -0.492 e. The molecule has 0 aliphatic carbocycles. The number of amides is 1. The molecule has 0 saturated carbocycles. The number of anilines is 2. The molecule has 2 heterocycles. The fourth-order valence-corrected chi connectivity index (χ4v) is 8.28. The van der Waals surface area contributed by atoms with Crippen molar-refractivity contribution < 1.29 is 45.6 Å². The molecule has 0 spiro atoms. The Bertz CT molecular complexity index is 2090. The quantitative estimate of drug-likeness (QED) is 0.187. The van der Waals surface area contributed by atoms with Crippen molar-refractivity contribution in [1.29, 1.82) is 5.26 Å². The molecule has 1 amide bonds. The maximum absolute atomic E-state index is 13.8. The number of aliphatic carboxylic acids is 1. The summed E-state index contributed by atoms with van der Waals surface area (Å²) in [6.07, 6.45) is -4.33. The summed E-state index contributed by atoms with van der Waals surface area (Å²) in [5.41, 5.74) is -1.57. The van der Waals surface area contributed by atoms with Crippen molar-refractivity contribution in [2.24, 2.45) is 0 Å². The number of aryl methyl sites for hydroxylation is 1. The molecule has 12 nitrogen and oxygen atoms in total. The predicted octanol–water partition coefficient (Wildman–Crippen LogP) is 5.51. The minimum atomic E-state index is -4.83. The molecule has 53 heavy (non-hydrogen) atoms. The Balaban J connectivity index is 1.38. The fraction of sp³-hybridized carbons (Fsp3) is 0.389. The van der Waals surface area contributed by atoms with E-state index >= 15 is 0 Å². The number of hydrogen-bond donors (Lipinski definition) is 2. The van der Waals surface area contributed by atoms with Gasteiger partial charge < -0.3 is 14.7 Å². The zero-order valence-electron chi connectivity index (χ0n) is 29.3. The number of piperazine rings is 1. The Morgan fingerprint density at radius 1 is 1.08 bits per heavy atom. The number of rotatable bonds is 11. The molecule has 2 aliphatic rings. The summed E-state index contributed by atoms with van der Waals surface area (Å²) >= 11 is 5.69. The van der Waals surface area contributed by atoms with E-state index in [0.29, 0.717) is 43.1 Å². The molecule has 0 radical (unpaired) electrons. The molecular formula is C36H38F3N5O7S2. The summed E-state index contributed by atoms with van der Waals surface area (Å²) in [5.74, 6) is -1.05. The monoisotopic (exact) mass is 773 g/mol. The Hall–Kier alpha value is -4.60. The lowest BCUT2D eigenvalue weighted by Crippen LogP contribution is -2.55. The summed E-state index contributed by atoms with van der Waals surface area (Å²) in [4.78, 5) is 31.4. The van der Waals surface area contributed by atoms with Crippen LogP contribution in [-0.4, -0.2) is 89.2 Å². The third-order valence-corrected chi connectivity index (χ3v) is 10.9. The van der Waals surface area contributed by atoms with Crippen molar-refractivity contribution >= 4 is 50.7 Å². The van der Waals surface area contributed by atoms with Gasteiger partial charge in [-0.25, -0.2) is 0 Å². The first kappa shape index (κ1) is 39.6. The van der Waals surface area contributed by atoms with Crippen LogP contribution >= 0.6 is 12.2 Å². The first-order valence-electron chi connectivity index (χ1n) is 16.6. The van der Waals surface area contributed by atoms with Gasteiger partial charge in [0.25, 0.3) is 16.0 Å². The van der Waals surface area contributed by atoms with Gasteiger partial charge in [0, 0.05) is 31.4 Å². The Kier molecular flexibility index (Phi) is 11.2. The average Bonchev–Trinajstić information content (AvgIpc) is 3.27. The average molecular weight is 774 g/mol. The number of thiocarbonyl (C=S) groups is 1. The van der Waals surface area contributed by atoms with E-state index in [-0.39, 0.29) is 28.8 Å². The van der Waals surface area contributed by atoms with Gasteiger partial charge in [0.15, 0.2) is 5.11 Å². The molecular weight excluding hydrogens is 736 g/mol. The summed E-state index contributed by atoms with van der Waals surface area (Å²) in [6, 6.07) is 14.8. The Morgan fingerprint density at radius 3 is 2.36 bits per heavy atom. The molecule has 2 fully saturated rings. The highest BCUT2D eigenvalue weighted by atomic mass is 32.2. The third kappa shape index (κ3) is 7.87. The van der Waals surface area contributed by atoms with Crippen molar-refractivity contribution in [2.45, 2.75) is 62.8 Å². The van der Waals surface area contributed by atoms with Crippen LogP contribution in [0.25, 0.3) is 0 Å². The van der Waals surface area contributed by atoms with E-state index in [0.717, 1.165) is 22.6 Å². The van der Waals surface area contributed by atoms with Crippen LogP contribution < -0.4 is 14.5 Å². The number of hydrogen-bond acceptors (Lipinski definition) is 9. The normalized spacial score (nSPS) is 19.8. The van der Waals surface area contributed by atoms with Crippen LogP contribution in [0, 0.1) is 11.3 Å². The number of benzene rings is 3. The zero-order valence-corrected chi connectivity index (χ0v) is 30.9. The van der Waals surface area contributed by atoms with Gasteiger partial charge >= 0.3 is 12.1 Å². The molecule has 0 aromatic heterocycles. The van der Waals surface area contributed by atoms with E-state index in [4.69, 9.17) is 17.0 Å². The number of carbonyl (C=O) groups excluding carboxylic acids is 1. The first-order chi connectivity index (χ1) is 24.8. The van der Waals surface area contributed by atoms with Gasteiger partial charge in [0.2, 0.25) is 0 Å². The number of carboxylic acid groups (broad SMARTS) is 1. The summed E-state index contributed by atoms with van der Waals surface area (Å²) in [5, 5.41) is 18.7. The highest BCUT2D eigenvalue weighted by Gasteiger charge is 2.51. The van der Waals surface area contributed by atoms with Crippen LogP contribution in [0.15, 0.2) is 65.6 Å². The van der Waals surface area contributed by atoms with E-state index in [1.165, 1.54) is 24.3 Å². The van der Waals surface area contributed by atoms with E-state index in [2.05, 4.69) is 0 Å². The second-order valence-corrected chi connectivity index (χ2v) is 15.0. The van der Waals surface area contributed by atoms with Crippen molar-refractivity contribution in [3.63, 3.8) is 0 Å². The molecule has 3 aromatic carbocycles. The predicted molar refractivity (Wildman–Crippen MR) is 193 cm³/mol. The van der Waals surface area contributed by atoms with E-state index in [1.54, 1.807) is 54.0 Å². The smallest absolute Gasteiger partial charge is 0.417 e. The van der Waals surface area contributed by atoms with Crippen LogP contribution in [0.5, 0.6) is 5.75 Å². The zero-order chi connectivity index (χ0) is 39.0. The van der Waals surface area contributed by atoms with Gasteiger partial charge in [-0.2, -0.15) is 26.9 Å². The van der Waals surface area contributed by atoms with Gasteiger partial charge in [-0.05, 0) is 93.0 Å². The molecule has 17 heteroatoms. The molecule has 2 saturated heterocycles. The summed E-state index contributed by atoms with van der Waals surface area (Å²) in [6.45, 7) is 7.94. The molecule has 282 valence electrons. The number of nitrogens with zero attached hydrogens (tertiary/aromatic N) is 5. The molecule has 1 unspecified atom stereocenters. The summed E-state index contributed by atoms with van der Waals surface area (Å²) < 4.78 is 82.2. The number of halogens is 3. The molecule has 3 aromatic rings. The lowest BCUT2D eigenvalue weighted by Gasteiger charge is -2.46. The van der Waals surface area contributed by atoms with Gasteiger partial charge in [-0.3, -0.25) is 28.8 Å². The maximum Gasteiger partial charge on any atom is 0.417 e. The van der Waals surface area contributed by atoms with E-state index in [1.807, 2.05) is 18.7 Å². The van der Waals surface area contributed by atoms with Gasteiger partial charge in [0.1, 0.15) is 17.9 Å². The molecule has 5 rings (SSSR count). The highest BCUT2D eigenvalue weighted by molar-refractivity contribution is 7.85. The number of carboxylic acids is 1. The van der Waals surface area contributed by atoms with Crippen LogP contribution in [0.2, 0.25) is 0 Å². The lowest BCUT2D eigenvalue weighted by molar-refractivity contribution is -0.140. The number of nitriles is 1. The number of ether oxygens (including phenoxy) is 1. The van der Waals surface area contributed by atoms with Crippen molar-refractivity contribution in [1.82, 2.24) is 9.80 Å². The largest absolute Gasteiger partial charge is 0.492 e. The Morgan fingerprint density at radius 2 is 1.74 bits per heavy atom. The van der Waals surface area contributed by atoms with Crippen molar-refractivity contribution in [3.05, 3.63) is 82.9 Å². The second-order valence-electron chi connectivity index (χ2n) is 13.2. The fourth-order valence-electron chi connectivity index (χ4n) is 7.02. The molecule has 0 bridgehead atoms. The van der Waals surface area contributed by atoms with Gasteiger partial charge in [-0.15, -0.1) is 0 Å². The van der Waals surface area contributed by atoms with E-state index in [9.17, 15) is 46.1 Å². The third-order valence-electron chi connectivity index (χ3n) is 9.63. The standard InChI is InChI=1S/C36H38F3N5O7S2/c1-5-23-18-26(44-34(52)43(33(47)35(44,3)4)25-11-10-24(20-40)28(19-25)36(37,38)39)12-13-29(23)51-17-16-41-14-15-42(21-31(45)46)22(2)32(41)27-8-6-7-9-30(27)53(48,49)50/h6-13,18-19,22,32H,5,14-17,21H2,1-4H3,(H,45,46)(H,48,49,50)/t22-,32?/m1/s1. The lowest BCUT2D eigenvalue weighted by atomic mass is 9.94. The number of carbonyl (C=O) groups is 2. The first-order valence-corrected chi connectivity index (χ1v) is 18.5. The van der Waals surface area contributed by atoms with E-state index < -0.39 is 56.9 Å². The SMILES string of the molecule is CCc1cc(N2C(=S)N(c3ccc(C#N)c(C(F)(F)F)c3)C(=O)C2(C)C)ccc1OCCN1CCN(CC(=O)O)[C@H](C)C1c1ccccc1S(=O)(=O)O. The topological polar surface area (TPSA) is 155 Å². The second kappa shape index (κ2) is 15.0. The summed E-state index contributed by atoms with van der Waals surface area (Å²) in [7, 11) is -4.59. The van der Waals surface area contributed by atoms with Gasteiger partial charge in [-0.1, -0.05) is 25.1 Å². The van der Waals surface area contributed by atoms with Crippen LogP contribution in [0.3, 0.4) is 0 Å². The highest BCUT2D eigenvalue weighted by Crippen LogP contribution is 2.41. The van der Waals surface area contributed by atoms with Gasteiger partial charge in [0.05, 0.1) is 40.4 Å². The van der Waals surface area contributed by atoms with Crippen LogP contribution in [-0.2, 0) is 32.3 Å². The number of alkyl halides is 3. The molecule has 2 N–H and O–H groups in total. The maximum atomic E-state index is 13.8. The molecule has 2 aliphatic heterocycles.